The van der Waals surface area contributed by atoms with Gasteiger partial charge in [0.25, 0.3) is 0 Å². The molecule has 0 spiro atoms. The topological polar surface area (TPSA) is 21.7 Å². The van der Waals surface area contributed by atoms with Crippen molar-refractivity contribution < 1.29 is 9.47 Å². The quantitative estimate of drug-likeness (QED) is 0.809. The van der Waals surface area contributed by atoms with Crippen LogP contribution in [0, 0.1) is 0 Å². The molecule has 3 nitrogen and oxygen atoms in total. The summed E-state index contributed by atoms with van der Waals surface area (Å²) >= 11 is 0. The summed E-state index contributed by atoms with van der Waals surface area (Å²) in [6.45, 7) is 5.48. The van der Waals surface area contributed by atoms with Crippen LogP contribution in [-0.4, -0.2) is 44.4 Å². The third-order valence-corrected chi connectivity index (χ3v) is 3.53. The molecular formula is C15H19NO2. The largest absolute Gasteiger partial charge is 0.492 e. The lowest BCUT2D eigenvalue weighted by Gasteiger charge is -2.26. The summed E-state index contributed by atoms with van der Waals surface area (Å²) in [4.78, 5) is 2.39. The second-order valence-electron chi connectivity index (χ2n) is 4.77. The molecule has 0 radical (unpaired) electrons. The van der Waals surface area contributed by atoms with Crippen LogP contribution in [0.4, 0.5) is 0 Å². The van der Waals surface area contributed by atoms with Crippen molar-refractivity contribution in [3.05, 3.63) is 35.4 Å². The summed E-state index contributed by atoms with van der Waals surface area (Å²) in [7, 11) is 0. The maximum atomic E-state index is 5.82. The van der Waals surface area contributed by atoms with Crippen molar-refractivity contribution >= 4 is 6.08 Å². The second-order valence-corrected chi connectivity index (χ2v) is 4.77. The van der Waals surface area contributed by atoms with Crippen molar-refractivity contribution in [2.75, 3.05) is 39.5 Å². The second kappa shape index (κ2) is 5.55. The highest BCUT2D eigenvalue weighted by Gasteiger charge is 2.10. The number of nitrogens with zero attached hydrogens (tertiary/aromatic N) is 1. The lowest BCUT2D eigenvalue weighted by Crippen LogP contribution is -2.38. The van der Waals surface area contributed by atoms with E-state index in [0.29, 0.717) is 0 Å². The zero-order chi connectivity index (χ0) is 12.2. The monoisotopic (exact) mass is 245 g/mol. The summed E-state index contributed by atoms with van der Waals surface area (Å²) in [5, 5.41) is 0. The van der Waals surface area contributed by atoms with Crippen molar-refractivity contribution in [1.82, 2.24) is 4.90 Å². The number of allylic oxidation sites excluding steroid dienone is 1. The van der Waals surface area contributed by atoms with Gasteiger partial charge in [0, 0.05) is 19.6 Å². The molecule has 96 valence electrons. The fourth-order valence-corrected chi connectivity index (χ4v) is 2.43. The van der Waals surface area contributed by atoms with E-state index >= 15 is 0 Å². The fraction of sp³-hybridized carbons (Fsp3) is 0.467. The van der Waals surface area contributed by atoms with E-state index in [2.05, 4.69) is 35.3 Å². The highest BCUT2D eigenvalue weighted by atomic mass is 16.5. The first-order valence-corrected chi connectivity index (χ1v) is 6.64. The maximum absolute atomic E-state index is 5.82. The zero-order valence-corrected chi connectivity index (χ0v) is 10.6. The van der Waals surface area contributed by atoms with E-state index in [1.165, 1.54) is 11.1 Å². The average Bonchev–Trinajstić information content (AvgIpc) is 2.87. The van der Waals surface area contributed by atoms with E-state index in [1.807, 2.05) is 0 Å². The van der Waals surface area contributed by atoms with Crippen molar-refractivity contribution in [2.24, 2.45) is 0 Å². The Morgan fingerprint density at radius 1 is 1.22 bits per heavy atom. The third-order valence-electron chi connectivity index (χ3n) is 3.53. The van der Waals surface area contributed by atoms with Crippen molar-refractivity contribution in [3.63, 3.8) is 0 Å². The van der Waals surface area contributed by atoms with E-state index in [-0.39, 0.29) is 0 Å². The summed E-state index contributed by atoms with van der Waals surface area (Å²) in [5.41, 5.74) is 2.70. The molecule has 0 aromatic heterocycles. The first-order valence-electron chi connectivity index (χ1n) is 6.64. The first kappa shape index (κ1) is 11.8. The Hall–Kier alpha value is -1.32. The molecule has 1 saturated heterocycles. The molecule has 0 saturated carbocycles. The minimum atomic E-state index is 0.752. The van der Waals surface area contributed by atoms with Gasteiger partial charge in [-0.1, -0.05) is 18.2 Å². The molecular weight excluding hydrogens is 226 g/mol. The fourth-order valence-electron chi connectivity index (χ4n) is 2.43. The van der Waals surface area contributed by atoms with Crippen LogP contribution in [0.2, 0.25) is 0 Å². The van der Waals surface area contributed by atoms with Crippen LogP contribution in [0.3, 0.4) is 0 Å². The van der Waals surface area contributed by atoms with Crippen LogP contribution >= 0.6 is 0 Å². The van der Waals surface area contributed by atoms with E-state index < -0.39 is 0 Å². The van der Waals surface area contributed by atoms with Gasteiger partial charge in [-0.05, 0) is 29.7 Å². The van der Waals surface area contributed by atoms with Crippen LogP contribution in [0.15, 0.2) is 24.3 Å². The summed E-state index contributed by atoms with van der Waals surface area (Å²) in [5.74, 6) is 0.980. The number of fused-ring (bicyclic) bond motifs is 1. The molecule has 0 unspecified atom stereocenters. The SMILES string of the molecule is C1=Cc2cc(OCCN3CCOCC3)ccc2C1. The van der Waals surface area contributed by atoms with E-state index in [0.717, 1.165) is 51.6 Å². The number of morpholine rings is 1. The number of ether oxygens (including phenoxy) is 2. The smallest absolute Gasteiger partial charge is 0.119 e. The number of rotatable bonds is 4. The standard InChI is InChI=1S/C15H19NO2/c1-2-13-4-5-15(12-14(13)3-1)18-11-8-16-6-9-17-10-7-16/h1,3-5,12H,2,6-11H2. The lowest BCUT2D eigenvalue weighted by molar-refractivity contribution is 0.0322. The Kier molecular flexibility index (Phi) is 3.62. The van der Waals surface area contributed by atoms with E-state index in [1.54, 1.807) is 0 Å². The molecule has 1 fully saturated rings. The van der Waals surface area contributed by atoms with Gasteiger partial charge in [0.05, 0.1) is 13.2 Å². The molecule has 1 heterocycles. The van der Waals surface area contributed by atoms with Crippen LogP contribution in [0.1, 0.15) is 11.1 Å². The lowest BCUT2D eigenvalue weighted by atomic mass is 10.1. The number of benzene rings is 1. The molecule has 3 heteroatoms. The van der Waals surface area contributed by atoms with Gasteiger partial charge in [0.15, 0.2) is 0 Å². The highest BCUT2D eigenvalue weighted by Crippen LogP contribution is 2.24. The van der Waals surface area contributed by atoms with Gasteiger partial charge in [0.1, 0.15) is 12.4 Å². The van der Waals surface area contributed by atoms with Gasteiger partial charge >= 0.3 is 0 Å². The maximum Gasteiger partial charge on any atom is 0.119 e. The molecule has 0 bridgehead atoms. The highest BCUT2D eigenvalue weighted by molar-refractivity contribution is 5.61. The third kappa shape index (κ3) is 2.74. The Morgan fingerprint density at radius 2 is 2.11 bits per heavy atom. The van der Waals surface area contributed by atoms with Crippen LogP contribution in [-0.2, 0) is 11.2 Å². The Labute approximate surface area is 108 Å². The van der Waals surface area contributed by atoms with Gasteiger partial charge in [-0.15, -0.1) is 0 Å². The minimum Gasteiger partial charge on any atom is -0.492 e. The number of hydrogen-bond acceptors (Lipinski definition) is 3. The molecule has 3 rings (SSSR count). The van der Waals surface area contributed by atoms with Crippen LogP contribution in [0.5, 0.6) is 5.75 Å². The molecule has 1 aliphatic carbocycles. The molecule has 0 amide bonds. The zero-order valence-electron chi connectivity index (χ0n) is 10.6. The number of hydrogen-bond donors (Lipinski definition) is 0. The first-order chi connectivity index (χ1) is 8.92. The van der Waals surface area contributed by atoms with Gasteiger partial charge in [-0.25, -0.2) is 0 Å². The van der Waals surface area contributed by atoms with Gasteiger partial charge < -0.3 is 9.47 Å². The molecule has 0 atom stereocenters. The summed E-state index contributed by atoms with van der Waals surface area (Å²) in [6.07, 6.45) is 5.43. The minimum absolute atomic E-state index is 0.752. The molecule has 0 N–H and O–H groups in total. The Morgan fingerprint density at radius 3 is 3.00 bits per heavy atom. The van der Waals surface area contributed by atoms with Gasteiger partial charge in [-0.2, -0.15) is 0 Å². The van der Waals surface area contributed by atoms with Gasteiger partial charge in [-0.3, -0.25) is 4.90 Å². The van der Waals surface area contributed by atoms with Crippen LogP contribution < -0.4 is 4.74 Å². The van der Waals surface area contributed by atoms with E-state index in [9.17, 15) is 0 Å². The van der Waals surface area contributed by atoms with Crippen molar-refractivity contribution in [3.8, 4) is 5.75 Å². The van der Waals surface area contributed by atoms with Crippen molar-refractivity contribution in [1.29, 1.82) is 0 Å². The molecule has 1 aromatic rings. The van der Waals surface area contributed by atoms with Crippen molar-refractivity contribution in [2.45, 2.75) is 6.42 Å². The predicted molar refractivity (Wildman–Crippen MR) is 71.9 cm³/mol. The molecule has 1 aliphatic heterocycles. The average molecular weight is 245 g/mol. The van der Waals surface area contributed by atoms with Gasteiger partial charge in [0.2, 0.25) is 0 Å². The van der Waals surface area contributed by atoms with E-state index in [4.69, 9.17) is 9.47 Å². The summed E-state index contributed by atoms with van der Waals surface area (Å²) < 4.78 is 11.1. The van der Waals surface area contributed by atoms with Crippen LogP contribution in [0.25, 0.3) is 6.08 Å². The predicted octanol–water partition coefficient (Wildman–Crippen LogP) is 1.97. The Bertz CT molecular complexity index is 436. The molecule has 1 aromatic carbocycles. The molecule has 18 heavy (non-hydrogen) atoms. The normalized spacial score (nSPS) is 18.9. The summed E-state index contributed by atoms with van der Waals surface area (Å²) in [6, 6.07) is 6.38. The Balaban J connectivity index is 1.49. The molecule has 2 aliphatic rings.